The Labute approximate surface area is 110 Å². The number of aliphatic hydroxyl groups excluding tert-OH is 1. The molecule has 0 aromatic carbocycles. The first-order valence-corrected chi connectivity index (χ1v) is 7.27. The van der Waals surface area contributed by atoms with Gasteiger partial charge in [0.05, 0.1) is 13.0 Å². The first kappa shape index (κ1) is 15.4. The molecule has 1 heterocycles. The topological polar surface area (TPSA) is 60.8 Å². The second-order valence-corrected chi connectivity index (χ2v) is 5.29. The Morgan fingerprint density at radius 3 is 2.61 bits per heavy atom. The van der Waals surface area contributed by atoms with Gasteiger partial charge in [-0.25, -0.2) is 0 Å². The van der Waals surface area contributed by atoms with Gasteiger partial charge < -0.3 is 10.2 Å². The number of aliphatic carboxylic acids is 1. The summed E-state index contributed by atoms with van der Waals surface area (Å²) in [4.78, 5) is 13.1. The fourth-order valence-electron chi connectivity index (χ4n) is 3.06. The molecule has 2 N–H and O–H groups in total. The monoisotopic (exact) mass is 257 g/mol. The Kier molecular flexibility index (Phi) is 7.28. The van der Waals surface area contributed by atoms with E-state index in [1.54, 1.807) is 0 Å². The molecule has 4 heteroatoms. The first-order valence-electron chi connectivity index (χ1n) is 7.27. The highest BCUT2D eigenvalue weighted by Gasteiger charge is 2.30. The molecular weight excluding hydrogens is 230 g/mol. The maximum Gasteiger partial charge on any atom is 0.304 e. The van der Waals surface area contributed by atoms with Crippen LogP contribution in [0.3, 0.4) is 0 Å². The van der Waals surface area contributed by atoms with E-state index < -0.39 is 5.97 Å². The van der Waals surface area contributed by atoms with Crippen molar-refractivity contribution in [3.05, 3.63) is 0 Å². The van der Waals surface area contributed by atoms with E-state index in [0.717, 1.165) is 25.7 Å². The molecule has 1 aliphatic rings. The lowest BCUT2D eigenvalue weighted by Gasteiger charge is -2.41. The standard InChI is InChI=1S/C14H27NO3/c1-2-3-4-6-12-7-5-8-13(11-14(17)18)15(12)9-10-16/h12-13,16H,2-11H2,1H3,(H,17,18)/t12-,13+/m1/s1. The van der Waals surface area contributed by atoms with Crippen molar-refractivity contribution >= 4 is 5.97 Å². The van der Waals surface area contributed by atoms with Crippen molar-refractivity contribution in [3.8, 4) is 0 Å². The van der Waals surface area contributed by atoms with Crippen molar-refractivity contribution in [1.29, 1.82) is 0 Å². The van der Waals surface area contributed by atoms with Crippen LogP contribution in [-0.4, -0.2) is 46.3 Å². The number of carboxylic acids is 1. The van der Waals surface area contributed by atoms with Gasteiger partial charge in [0.15, 0.2) is 0 Å². The van der Waals surface area contributed by atoms with Gasteiger partial charge in [0.2, 0.25) is 0 Å². The molecule has 0 radical (unpaired) electrons. The number of carboxylic acid groups (broad SMARTS) is 1. The van der Waals surface area contributed by atoms with Crippen LogP contribution in [0.1, 0.15) is 58.3 Å². The maximum atomic E-state index is 10.9. The predicted molar refractivity (Wildman–Crippen MR) is 71.6 cm³/mol. The summed E-state index contributed by atoms with van der Waals surface area (Å²) in [7, 11) is 0. The van der Waals surface area contributed by atoms with Crippen molar-refractivity contribution in [2.75, 3.05) is 13.2 Å². The minimum atomic E-state index is -0.725. The minimum Gasteiger partial charge on any atom is -0.481 e. The Hall–Kier alpha value is -0.610. The normalized spacial score (nSPS) is 25.2. The number of hydrogen-bond acceptors (Lipinski definition) is 3. The molecule has 0 spiro atoms. The summed E-state index contributed by atoms with van der Waals surface area (Å²) in [5.41, 5.74) is 0. The Balaban J connectivity index is 2.54. The van der Waals surface area contributed by atoms with Crippen molar-refractivity contribution < 1.29 is 15.0 Å². The number of hydrogen-bond donors (Lipinski definition) is 2. The molecule has 1 aliphatic heterocycles. The average molecular weight is 257 g/mol. The van der Waals surface area contributed by atoms with Gasteiger partial charge in [-0.1, -0.05) is 32.6 Å². The Bertz CT molecular complexity index is 245. The van der Waals surface area contributed by atoms with Gasteiger partial charge >= 0.3 is 5.97 Å². The lowest BCUT2D eigenvalue weighted by Crippen LogP contribution is -2.48. The zero-order valence-electron chi connectivity index (χ0n) is 11.5. The molecule has 1 fully saturated rings. The smallest absolute Gasteiger partial charge is 0.304 e. The number of unbranched alkanes of at least 4 members (excludes halogenated alkanes) is 2. The van der Waals surface area contributed by atoms with Crippen LogP contribution in [0, 0.1) is 0 Å². The van der Waals surface area contributed by atoms with Crippen molar-refractivity contribution in [1.82, 2.24) is 4.90 Å². The first-order chi connectivity index (χ1) is 8.69. The van der Waals surface area contributed by atoms with Gasteiger partial charge in [-0.3, -0.25) is 9.69 Å². The number of likely N-dealkylation sites (tertiary alicyclic amines) is 1. The molecule has 0 bridgehead atoms. The zero-order valence-corrected chi connectivity index (χ0v) is 11.5. The Morgan fingerprint density at radius 1 is 1.28 bits per heavy atom. The molecule has 18 heavy (non-hydrogen) atoms. The molecule has 0 unspecified atom stereocenters. The minimum absolute atomic E-state index is 0.120. The maximum absolute atomic E-state index is 10.9. The second-order valence-electron chi connectivity index (χ2n) is 5.29. The summed E-state index contributed by atoms with van der Waals surface area (Å²) in [6.07, 6.45) is 8.25. The summed E-state index contributed by atoms with van der Waals surface area (Å²) in [6.45, 7) is 2.94. The zero-order chi connectivity index (χ0) is 13.4. The van der Waals surface area contributed by atoms with Crippen LogP contribution < -0.4 is 0 Å². The van der Waals surface area contributed by atoms with E-state index in [9.17, 15) is 9.90 Å². The summed E-state index contributed by atoms with van der Waals surface area (Å²) < 4.78 is 0. The van der Waals surface area contributed by atoms with Gasteiger partial charge in [-0.05, 0) is 19.3 Å². The quantitative estimate of drug-likeness (QED) is 0.655. The van der Waals surface area contributed by atoms with Crippen molar-refractivity contribution in [3.63, 3.8) is 0 Å². The van der Waals surface area contributed by atoms with Crippen molar-refractivity contribution in [2.24, 2.45) is 0 Å². The SMILES string of the molecule is CCCCC[C@@H]1CCC[C@@H](CC(=O)O)N1CCO. The molecule has 1 rings (SSSR count). The van der Waals surface area contributed by atoms with Crippen LogP contribution in [0.15, 0.2) is 0 Å². The van der Waals surface area contributed by atoms with E-state index in [1.807, 2.05) is 0 Å². The van der Waals surface area contributed by atoms with Gasteiger partial charge in [0, 0.05) is 18.6 Å². The van der Waals surface area contributed by atoms with E-state index >= 15 is 0 Å². The molecule has 0 aliphatic carbocycles. The van der Waals surface area contributed by atoms with Crippen LogP contribution in [0.2, 0.25) is 0 Å². The highest BCUT2D eigenvalue weighted by Crippen LogP contribution is 2.27. The number of rotatable bonds is 8. The van der Waals surface area contributed by atoms with E-state index in [0.29, 0.717) is 12.6 Å². The van der Waals surface area contributed by atoms with Gasteiger partial charge in [0.25, 0.3) is 0 Å². The number of aliphatic hydroxyl groups is 1. The van der Waals surface area contributed by atoms with Crippen LogP contribution in [0.5, 0.6) is 0 Å². The molecule has 1 saturated heterocycles. The van der Waals surface area contributed by atoms with Crippen LogP contribution in [-0.2, 0) is 4.79 Å². The fraction of sp³-hybridized carbons (Fsp3) is 0.929. The third-order valence-corrected chi connectivity index (χ3v) is 3.92. The molecule has 106 valence electrons. The van der Waals surface area contributed by atoms with Crippen LogP contribution in [0.4, 0.5) is 0 Å². The summed E-state index contributed by atoms with van der Waals surface area (Å²) in [5, 5.41) is 18.1. The molecular formula is C14H27NO3. The van der Waals surface area contributed by atoms with Gasteiger partial charge in [0.1, 0.15) is 0 Å². The van der Waals surface area contributed by atoms with E-state index in [4.69, 9.17) is 5.11 Å². The predicted octanol–water partition coefficient (Wildman–Crippen LogP) is 2.26. The molecule has 0 amide bonds. The summed E-state index contributed by atoms with van der Waals surface area (Å²) in [6, 6.07) is 0.594. The highest BCUT2D eigenvalue weighted by atomic mass is 16.4. The third kappa shape index (κ3) is 4.94. The number of carbonyl (C=O) groups is 1. The number of β-amino-alcohol motifs (C(OH)–C–C–N with tert-alkyl or cyclic N) is 1. The second kappa shape index (κ2) is 8.48. The average Bonchev–Trinajstić information content (AvgIpc) is 2.32. The number of nitrogens with zero attached hydrogens (tertiary/aromatic N) is 1. The van der Waals surface area contributed by atoms with E-state index in [1.165, 1.54) is 19.3 Å². The molecule has 0 aromatic heterocycles. The van der Waals surface area contributed by atoms with Gasteiger partial charge in [-0.15, -0.1) is 0 Å². The summed E-state index contributed by atoms with van der Waals surface area (Å²) in [5.74, 6) is -0.725. The van der Waals surface area contributed by atoms with E-state index in [-0.39, 0.29) is 19.1 Å². The Morgan fingerprint density at radius 2 is 2.00 bits per heavy atom. The van der Waals surface area contributed by atoms with Crippen LogP contribution >= 0.6 is 0 Å². The largest absolute Gasteiger partial charge is 0.481 e. The third-order valence-electron chi connectivity index (χ3n) is 3.92. The lowest BCUT2D eigenvalue weighted by molar-refractivity contribution is -0.139. The lowest BCUT2D eigenvalue weighted by atomic mass is 9.90. The number of piperidine rings is 1. The highest BCUT2D eigenvalue weighted by molar-refractivity contribution is 5.67. The van der Waals surface area contributed by atoms with E-state index in [2.05, 4.69) is 11.8 Å². The fourth-order valence-corrected chi connectivity index (χ4v) is 3.06. The molecule has 0 aromatic rings. The summed E-state index contributed by atoms with van der Waals surface area (Å²) >= 11 is 0. The molecule has 4 nitrogen and oxygen atoms in total. The van der Waals surface area contributed by atoms with Crippen LogP contribution in [0.25, 0.3) is 0 Å². The van der Waals surface area contributed by atoms with Crippen molar-refractivity contribution in [2.45, 2.75) is 70.4 Å². The molecule has 0 saturated carbocycles. The molecule has 2 atom stereocenters. The van der Waals surface area contributed by atoms with Gasteiger partial charge in [-0.2, -0.15) is 0 Å².